The van der Waals surface area contributed by atoms with Gasteiger partial charge in [0.1, 0.15) is 5.82 Å². The van der Waals surface area contributed by atoms with Crippen molar-refractivity contribution < 1.29 is 0 Å². The lowest BCUT2D eigenvalue weighted by atomic mass is 10.0. The van der Waals surface area contributed by atoms with Gasteiger partial charge in [-0.15, -0.1) is 0 Å². The van der Waals surface area contributed by atoms with E-state index in [0.717, 1.165) is 19.4 Å². The first kappa shape index (κ1) is 10.7. The summed E-state index contributed by atoms with van der Waals surface area (Å²) in [6, 6.07) is 0.632. The van der Waals surface area contributed by atoms with E-state index >= 15 is 0 Å². The third-order valence-electron chi connectivity index (χ3n) is 3.36. The van der Waals surface area contributed by atoms with Gasteiger partial charge in [-0.2, -0.15) is 0 Å². The predicted octanol–water partition coefficient (Wildman–Crippen LogP) is 1.98. The molecule has 0 fully saturated rings. The maximum Gasteiger partial charge on any atom is 0.106 e. The highest BCUT2D eigenvalue weighted by atomic mass is 15.1. The maximum absolute atomic E-state index is 5.55. The number of imidazole rings is 1. The molecule has 15 heavy (non-hydrogen) atoms. The van der Waals surface area contributed by atoms with E-state index in [2.05, 4.69) is 23.4 Å². The number of hydrogen-bond donors (Lipinski definition) is 1. The zero-order valence-corrected chi connectivity index (χ0v) is 9.79. The molecule has 0 radical (unpaired) electrons. The number of rotatable bonds is 3. The minimum atomic E-state index is 0.632. The van der Waals surface area contributed by atoms with Crippen molar-refractivity contribution in [2.24, 2.45) is 5.73 Å². The van der Waals surface area contributed by atoms with Crippen LogP contribution in [0.25, 0.3) is 0 Å². The van der Waals surface area contributed by atoms with Gasteiger partial charge in [-0.05, 0) is 52.5 Å². The Balaban J connectivity index is 2.29. The van der Waals surface area contributed by atoms with E-state index in [9.17, 15) is 0 Å². The van der Waals surface area contributed by atoms with Crippen molar-refractivity contribution >= 4 is 0 Å². The molecular formula is C12H21N3. The second-order valence-electron chi connectivity index (χ2n) is 4.56. The Labute approximate surface area is 91.7 Å². The standard InChI is InChI=1S/C12H21N3/c1-9-5-3-7-12-11(6-4-8-13)14-10(2)15(9)12/h9H,3-8,13H2,1-2H3. The third-order valence-corrected chi connectivity index (χ3v) is 3.36. The van der Waals surface area contributed by atoms with Gasteiger partial charge in [-0.1, -0.05) is 0 Å². The molecule has 0 aromatic carbocycles. The van der Waals surface area contributed by atoms with Crippen LogP contribution < -0.4 is 5.73 Å². The molecule has 2 rings (SSSR count). The van der Waals surface area contributed by atoms with Crippen molar-refractivity contribution in [3.8, 4) is 0 Å². The molecule has 3 nitrogen and oxygen atoms in total. The van der Waals surface area contributed by atoms with Gasteiger partial charge >= 0.3 is 0 Å². The summed E-state index contributed by atoms with van der Waals surface area (Å²) in [5.74, 6) is 1.18. The number of fused-ring (bicyclic) bond motifs is 1. The van der Waals surface area contributed by atoms with Gasteiger partial charge in [-0.25, -0.2) is 4.98 Å². The monoisotopic (exact) mass is 207 g/mol. The average molecular weight is 207 g/mol. The first-order chi connectivity index (χ1) is 7.24. The molecule has 1 aromatic rings. The third kappa shape index (κ3) is 1.93. The van der Waals surface area contributed by atoms with E-state index in [1.165, 1.54) is 36.5 Å². The molecule has 84 valence electrons. The minimum absolute atomic E-state index is 0.632. The number of hydrogen-bond acceptors (Lipinski definition) is 2. The molecule has 2 heterocycles. The predicted molar refractivity (Wildman–Crippen MR) is 62.0 cm³/mol. The fourth-order valence-electron chi connectivity index (χ4n) is 2.66. The van der Waals surface area contributed by atoms with Gasteiger partial charge in [0.05, 0.1) is 5.69 Å². The van der Waals surface area contributed by atoms with E-state index < -0.39 is 0 Å². The summed E-state index contributed by atoms with van der Waals surface area (Å²) in [4.78, 5) is 4.69. The summed E-state index contributed by atoms with van der Waals surface area (Å²) in [5.41, 5.74) is 8.32. The molecule has 1 aliphatic rings. The van der Waals surface area contributed by atoms with E-state index in [1.54, 1.807) is 0 Å². The fourth-order valence-corrected chi connectivity index (χ4v) is 2.66. The lowest BCUT2D eigenvalue weighted by molar-refractivity contribution is 0.422. The van der Waals surface area contributed by atoms with Crippen LogP contribution in [-0.2, 0) is 12.8 Å². The molecule has 2 N–H and O–H groups in total. The summed E-state index contributed by atoms with van der Waals surface area (Å²) in [5, 5.41) is 0. The molecular weight excluding hydrogens is 186 g/mol. The maximum atomic E-state index is 5.55. The van der Waals surface area contributed by atoms with Gasteiger partial charge in [0, 0.05) is 11.7 Å². The lowest BCUT2D eigenvalue weighted by Crippen LogP contribution is -2.16. The SMILES string of the molecule is Cc1nc(CCCN)c2n1C(C)CCC2. The number of nitrogens with zero attached hydrogens (tertiary/aromatic N) is 2. The molecule has 0 amide bonds. The Kier molecular flexibility index (Phi) is 3.10. The summed E-state index contributed by atoms with van der Waals surface area (Å²) in [6.45, 7) is 5.18. The van der Waals surface area contributed by atoms with Crippen LogP contribution in [0.1, 0.15) is 49.4 Å². The van der Waals surface area contributed by atoms with Crippen LogP contribution in [0.2, 0.25) is 0 Å². The number of aromatic nitrogens is 2. The highest BCUT2D eigenvalue weighted by Gasteiger charge is 2.21. The quantitative estimate of drug-likeness (QED) is 0.823. The molecule has 0 saturated carbocycles. The van der Waals surface area contributed by atoms with Crippen LogP contribution >= 0.6 is 0 Å². The van der Waals surface area contributed by atoms with Gasteiger partial charge in [0.2, 0.25) is 0 Å². The zero-order chi connectivity index (χ0) is 10.8. The zero-order valence-electron chi connectivity index (χ0n) is 9.79. The van der Waals surface area contributed by atoms with Crippen molar-refractivity contribution in [3.05, 3.63) is 17.2 Å². The molecule has 0 spiro atoms. The molecule has 1 atom stereocenters. The van der Waals surface area contributed by atoms with Crippen molar-refractivity contribution in [2.45, 2.75) is 52.0 Å². The minimum Gasteiger partial charge on any atom is -0.330 e. The Morgan fingerprint density at radius 2 is 2.33 bits per heavy atom. The van der Waals surface area contributed by atoms with Crippen molar-refractivity contribution in [3.63, 3.8) is 0 Å². The molecule has 3 heteroatoms. The molecule has 1 aliphatic heterocycles. The van der Waals surface area contributed by atoms with Crippen molar-refractivity contribution in [2.75, 3.05) is 6.54 Å². The van der Waals surface area contributed by atoms with Crippen LogP contribution in [0.4, 0.5) is 0 Å². The van der Waals surface area contributed by atoms with Crippen LogP contribution in [-0.4, -0.2) is 16.1 Å². The molecule has 1 aromatic heterocycles. The summed E-state index contributed by atoms with van der Waals surface area (Å²) in [6.07, 6.45) is 5.90. The topological polar surface area (TPSA) is 43.8 Å². The Bertz CT molecular complexity index is 341. The van der Waals surface area contributed by atoms with Gasteiger partial charge in [0.15, 0.2) is 0 Å². The Morgan fingerprint density at radius 3 is 3.07 bits per heavy atom. The van der Waals surface area contributed by atoms with Gasteiger partial charge in [0.25, 0.3) is 0 Å². The van der Waals surface area contributed by atoms with E-state index in [1.807, 2.05) is 0 Å². The Morgan fingerprint density at radius 1 is 1.53 bits per heavy atom. The summed E-state index contributed by atoms with van der Waals surface area (Å²) >= 11 is 0. The first-order valence-corrected chi connectivity index (χ1v) is 6.00. The van der Waals surface area contributed by atoms with Crippen LogP contribution in [0.5, 0.6) is 0 Å². The van der Waals surface area contributed by atoms with Crippen molar-refractivity contribution in [1.29, 1.82) is 0 Å². The molecule has 0 aliphatic carbocycles. The van der Waals surface area contributed by atoms with Crippen LogP contribution in [0.15, 0.2) is 0 Å². The van der Waals surface area contributed by atoms with Gasteiger partial charge < -0.3 is 10.3 Å². The molecule has 0 saturated heterocycles. The highest BCUT2D eigenvalue weighted by molar-refractivity contribution is 5.20. The number of aryl methyl sites for hydroxylation is 2. The molecule has 1 unspecified atom stereocenters. The van der Waals surface area contributed by atoms with Crippen molar-refractivity contribution in [1.82, 2.24) is 9.55 Å². The lowest BCUT2D eigenvalue weighted by Gasteiger charge is -2.23. The second-order valence-corrected chi connectivity index (χ2v) is 4.56. The van der Waals surface area contributed by atoms with Crippen LogP contribution in [0, 0.1) is 6.92 Å². The fraction of sp³-hybridized carbons (Fsp3) is 0.750. The second kappa shape index (κ2) is 4.35. The van der Waals surface area contributed by atoms with Gasteiger partial charge in [-0.3, -0.25) is 0 Å². The van der Waals surface area contributed by atoms with E-state index in [0.29, 0.717) is 6.04 Å². The smallest absolute Gasteiger partial charge is 0.106 e. The number of nitrogens with two attached hydrogens (primary N) is 1. The average Bonchev–Trinajstić information content (AvgIpc) is 2.54. The molecule has 0 bridgehead atoms. The highest BCUT2D eigenvalue weighted by Crippen LogP contribution is 2.28. The van der Waals surface area contributed by atoms with Crippen LogP contribution in [0.3, 0.4) is 0 Å². The Hall–Kier alpha value is -0.830. The largest absolute Gasteiger partial charge is 0.330 e. The van der Waals surface area contributed by atoms with E-state index in [-0.39, 0.29) is 0 Å². The summed E-state index contributed by atoms with van der Waals surface area (Å²) in [7, 11) is 0. The van der Waals surface area contributed by atoms with E-state index in [4.69, 9.17) is 5.73 Å². The first-order valence-electron chi connectivity index (χ1n) is 6.00. The summed E-state index contributed by atoms with van der Waals surface area (Å²) < 4.78 is 2.43. The normalized spacial score (nSPS) is 20.3.